The van der Waals surface area contributed by atoms with E-state index in [9.17, 15) is 9.59 Å². The number of carbonyl (C=O) groups is 2. The summed E-state index contributed by atoms with van der Waals surface area (Å²) in [6, 6.07) is 12.8. The second-order valence-electron chi connectivity index (χ2n) is 9.47. The van der Waals surface area contributed by atoms with Crippen LogP contribution in [0.5, 0.6) is 0 Å². The van der Waals surface area contributed by atoms with Gasteiger partial charge in [0.15, 0.2) is 0 Å². The Morgan fingerprint density at radius 2 is 1.45 bits per heavy atom. The molecule has 6 nitrogen and oxygen atoms in total. The fraction of sp³-hybridized carbons (Fsp3) is 0.462. The van der Waals surface area contributed by atoms with E-state index < -0.39 is 0 Å². The summed E-state index contributed by atoms with van der Waals surface area (Å²) in [5.41, 5.74) is 2.97. The van der Waals surface area contributed by atoms with Crippen LogP contribution in [0.3, 0.4) is 0 Å². The summed E-state index contributed by atoms with van der Waals surface area (Å²) in [5.74, 6) is 1.44. The molecule has 2 fully saturated rings. The van der Waals surface area contributed by atoms with Gasteiger partial charge in [-0.05, 0) is 73.9 Å². The van der Waals surface area contributed by atoms with Crippen molar-refractivity contribution in [3.8, 4) is 0 Å². The van der Waals surface area contributed by atoms with E-state index >= 15 is 0 Å². The minimum Gasteiger partial charge on any atom is -0.371 e. The molecule has 0 bridgehead atoms. The average Bonchev–Trinajstić information content (AvgIpc) is 2.80. The largest absolute Gasteiger partial charge is 0.371 e. The van der Waals surface area contributed by atoms with E-state index in [1.807, 2.05) is 47.4 Å². The molecular weight excluding hydrogens is 480 g/mol. The van der Waals surface area contributed by atoms with Gasteiger partial charge in [-0.25, -0.2) is 4.79 Å². The average molecular weight is 513 g/mol. The Balaban J connectivity index is 1.55. The lowest BCUT2D eigenvalue weighted by Crippen LogP contribution is -2.40. The molecule has 0 unspecified atom stereocenters. The molecule has 176 valence electrons. The number of hydrogen-bond acceptors (Lipinski definition) is 3. The highest BCUT2D eigenvalue weighted by molar-refractivity contribution is 9.10. The predicted molar refractivity (Wildman–Crippen MR) is 138 cm³/mol. The Hall–Kier alpha value is -2.54. The van der Waals surface area contributed by atoms with Crippen molar-refractivity contribution >= 4 is 44.9 Å². The van der Waals surface area contributed by atoms with E-state index in [0.29, 0.717) is 28.8 Å². The lowest BCUT2D eigenvalue weighted by Gasteiger charge is -2.35. The lowest BCUT2D eigenvalue weighted by molar-refractivity contribution is 0.0697. The summed E-state index contributed by atoms with van der Waals surface area (Å²) < 4.78 is 0.893. The third kappa shape index (κ3) is 6.08. The Bertz CT molecular complexity index is 996. The first-order valence-electron chi connectivity index (χ1n) is 11.9. The molecule has 0 atom stereocenters. The number of benzene rings is 2. The van der Waals surface area contributed by atoms with E-state index in [1.165, 1.54) is 0 Å². The highest BCUT2D eigenvalue weighted by Crippen LogP contribution is 2.31. The molecule has 2 heterocycles. The normalized spacial score (nSPS) is 17.7. The van der Waals surface area contributed by atoms with Crippen LogP contribution < -0.4 is 15.5 Å². The van der Waals surface area contributed by atoms with E-state index in [1.54, 1.807) is 0 Å². The zero-order valence-electron chi connectivity index (χ0n) is 19.4. The summed E-state index contributed by atoms with van der Waals surface area (Å²) in [5, 5.41) is 5.74. The van der Waals surface area contributed by atoms with Crippen molar-refractivity contribution in [2.45, 2.75) is 39.5 Å². The molecule has 2 saturated heterocycles. The number of halogens is 1. The number of anilines is 3. The third-order valence-corrected chi connectivity index (χ3v) is 7.26. The van der Waals surface area contributed by atoms with Crippen molar-refractivity contribution in [2.24, 2.45) is 11.8 Å². The van der Waals surface area contributed by atoms with E-state index in [-0.39, 0.29) is 11.9 Å². The summed E-state index contributed by atoms with van der Waals surface area (Å²) >= 11 is 3.42. The van der Waals surface area contributed by atoms with Crippen LogP contribution in [-0.4, -0.2) is 43.0 Å². The maximum Gasteiger partial charge on any atom is 0.323 e. The Morgan fingerprint density at radius 1 is 0.848 bits per heavy atom. The van der Waals surface area contributed by atoms with Crippen LogP contribution in [0.15, 0.2) is 46.9 Å². The molecule has 2 aromatic rings. The van der Waals surface area contributed by atoms with Gasteiger partial charge in [0.25, 0.3) is 5.91 Å². The molecule has 3 amide bonds. The molecular formula is C26H33BrN4O2. The number of piperidine rings is 2. The molecule has 0 radical (unpaired) electrons. The monoisotopic (exact) mass is 512 g/mol. The quantitative estimate of drug-likeness (QED) is 0.512. The van der Waals surface area contributed by atoms with E-state index in [2.05, 4.69) is 45.3 Å². The number of carbonyl (C=O) groups excluding carboxylic acids is 2. The molecule has 0 aromatic heterocycles. The summed E-state index contributed by atoms with van der Waals surface area (Å²) in [7, 11) is 0. The molecule has 2 aromatic carbocycles. The predicted octanol–water partition coefficient (Wildman–Crippen LogP) is 6.20. The van der Waals surface area contributed by atoms with E-state index in [0.717, 1.165) is 62.0 Å². The van der Waals surface area contributed by atoms with Gasteiger partial charge in [0, 0.05) is 47.7 Å². The molecule has 0 spiro atoms. The fourth-order valence-electron chi connectivity index (χ4n) is 4.55. The van der Waals surface area contributed by atoms with Crippen molar-refractivity contribution < 1.29 is 9.59 Å². The van der Waals surface area contributed by atoms with Gasteiger partial charge in [-0.1, -0.05) is 35.8 Å². The Morgan fingerprint density at radius 3 is 2.09 bits per heavy atom. The van der Waals surface area contributed by atoms with Crippen molar-refractivity contribution in [1.29, 1.82) is 0 Å². The molecule has 0 saturated carbocycles. The number of likely N-dealkylation sites (tertiary alicyclic amines) is 1. The van der Waals surface area contributed by atoms with Crippen molar-refractivity contribution in [2.75, 3.05) is 41.7 Å². The summed E-state index contributed by atoms with van der Waals surface area (Å²) in [6.07, 6.45) is 4.33. The number of nitrogens with one attached hydrogen (secondary N) is 2. The lowest BCUT2D eigenvalue weighted by atomic mass is 9.96. The topological polar surface area (TPSA) is 64.7 Å². The van der Waals surface area contributed by atoms with Crippen LogP contribution in [0.2, 0.25) is 0 Å². The summed E-state index contributed by atoms with van der Waals surface area (Å²) in [4.78, 5) is 30.5. The van der Waals surface area contributed by atoms with Crippen molar-refractivity contribution in [1.82, 2.24) is 4.90 Å². The zero-order chi connectivity index (χ0) is 23.4. The number of urea groups is 1. The maximum atomic E-state index is 13.6. The second kappa shape index (κ2) is 10.6. The standard InChI is InChI=1S/C26H33BrN4O2/c1-18-8-12-30(13-9-18)24-7-6-22(29-26(33)28-21-5-3-4-20(27)16-21)17-23(24)25(32)31-14-10-19(2)11-15-31/h3-7,16-19H,8-15H2,1-2H3,(H2,28,29,33). The second-order valence-corrected chi connectivity index (χ2v) is 10.4. The Kier molecular flexibility index (Phi) is 7.58. The van der Waals surface area contributed by atoms with Crippen LogP contribution in [0, 0.1) is 11.8 Å². The van der Waals surface area contributed by atoms with Crippen LogP contribution in [-0.2, 0) is 0 Å². The molecule has 2 N–H and O–H groups in total. The van der Waals surface area contributed by atoms with Crippen LogP contribution in [0.25, 0.3) is 0 Å². The van der Waals surface area contributed by atoms with Crippen molar-refractivity contribution in [3.63, 3.8) is 0 Å². The zero-order valence-corrected chi connectivity index (χ0v) is 21.0. The van der Waals surface area contributed by atoms with Gasteiger partial charge in [-0.3, -0.25) is 4.79 Å². The highest BCUT2D eigenvalue weighted by atomic mass is 79.9. The number of amides is 3. The first kappa shape index (κ1) is 23.6. The minimum absolute atomic E-state index is 0.0616. The smallest absolute Gasteiger partial charge is 0.323 e. The SMILES string of the molecule is CC1CCN(C(=O)c2cc(NC(=O)Nc3cccc(Br)c3)ccc2N2CCC(C)CC2)CC1. The van der Waals surface area contributed by atoms with Gasteiger partial charge in [0.1, 0.15) is 0 Å². The Labute approximate surface area is 204 Å². The highest BCUT2D eigenvalue weighted by Gasteiger charge is 2.27. The van der Waals surface area contributed by atoms with Gasteiger partial charge in [0.05, 0.1) is 5.56 Å². The van der Waals surface area contributed by atoms with Gasteiger partial charge in [-0.15, -0.1) is 0 Å². The molecule has 2 aliphatic rings. The molecule has 7 heteroatoms. The fourth-order valence-corrected chi connectivity index (χ4v) is 4.95. The first-order chi connectivity index (χ1) is 15.9. The number of hydrogen-bond donors (Lipinski definition) is 2. The molecule has 33 heavy (non-hydrogen) atoms. The van der Waals surface area contributed by atoms with Gasteiger partial charge < -0.3 is 20.4 Å². The van der Waals surface area contributed by atoms with Crippen LogP contribution in [0.1, 0.15) is 49.9 Å². The van der Waals surface area contributed by atoms with Gasteiger partial charge in [-0.2, -0.15) is 0 Å². The number of nitrogens with zero attached hydrogens (tertiary/aromatic N) is 2. The first-order valence-corrected chi connectivity index (χ1v) is 12.7. The van der Waals surface area contributed by atoms with E-state index in [4.69, 9.17) is 0 Å². The van der Waals surface area contributed by atoms with Gasteiger partial charge in [0.2, 0.25) is 0 Å². The minimum atomic E-state index is -0.335. The van der Waals surface area contributed by atoms with Gasteiger partial charge >= 0.3 is 6.03 Å². The molecule has 2 aliphatic heterocycles. The molecule has 4 rings (SSSR count). The van der Waals surface area contributed by atoms with Crippen molar-refractivity contribution in [3.05, 3.63) is 52.5 Å². The maximum absolute atomic E-state index is 13.6. The molecule has 0 aliphatic carbocycles. The van der Waals surface area contributed by atoms with Crippen LogP contribution >= 0.6 is 15.9 Å². The third-order valence-electron chi connectivity index (χ3n) is 6.76. The van der Waals surface area contributed by atoms with Crippen LogP contribution in [0.4, 0.5) is 21.9 Å². The number of rotatable bonds is 4. The summed E-state index contributed by atoms with van der Waals surface area (Å²) in [6.45, 7) is 8.02.